The first kappa shape index (κ1) is 21.6. The zero-order valence-electron chi connectivity index (χ0n) is 16.0. The molecule has 0 aliphatic heterocycles. The number of carbonyl (C=O) groups excluding carboxylic acids is 2. The lowest BCUT2D eigenvalue weighted by Crippen LogP contribution is -2.42. The van der Waals surface area contributed by atoms with Crippen LogP contribution < -0.4 is 15.8 Å². The number of aromatic nitrogens is 1. The average molecular weight is 437 g/mol. The lowest BCUT2D eigenvalue weighted by Gasteiger charge is -2.13. The van der Waals surface area contributed by atoms with E-state index < -0.39 is 29.7 Å². The second kappa shape index (κ2) is 8.31. The van der Waals surface area contributed by atoms with Crippen LogP contribution in [-0.4, -0.2) is 22.8 Å². The Morgan fingerprint density at radius 1 is 1.30 bits per heavy atom. The van der Waals surface area contributed by atoms with Crippen molar-refractivity contribution in [2.24, 2.45) is 5.73 Å². The van der Waals surface area contributed by atoms with Gasteiger partial charge in [0.05, 0.1) is 5.56 Å². The molecule has 0 saturated carbocycles. The molecule has 2 aromatic heterocycles. The molecule has 0 aliphatic rings. The average Bonchev–Trinajstić information content (AvgIpc) is 3.00. The number of nitrogens with two attached hydrogens (primary N) is 1. The van der Waals surface area contributed by atoms with Gasteiger partial charge in [0.2, 0.25) is 5.91 Å². The van der Waals surface area contributed by atoms with Crippen molar-refractivity contribution in [2.75, 3.05) is 0 Å². The molecule has 0 unspecified atom stereocenters. The fourth-order valence-corrected chi connectivity index (χ4v) is 3.92. The number of fused-ring (bicyclic) bond motifs is 1. The van der Waals surface area contributed by atoms with E-state index in [-0.39, 0.29) is 12.2 Å². The molecule has 0 spiro atoms. The Morgan fingerprint density at radius 3 is 2.70 bits per heavy atom. The van der Waals surface area contributed by atoms with Gasteiger partial charge in [0.1, 0.15) is 18.4 Å². The molecule has 0 fully saturated rings. The van der Waals surface area contributed by atoms with Crippen LogP contribution in [0.25, 0.3) is 10.1 Å². The quantitative estimate of drug-likeness (QED) is 0.613. The fourth-order valence-electron chi connectivity index (χ4n) is 2.88. The van der Waals surface area contributed by atoms with E-state index in [0.717, 1.165) is 15.8 Å². The molecular weight excluding hydrogens is 419 g/mol. The first-order valence-corrected chi connectivity index (χ1v) is 9.66. The van der Waals surface area contributed by atoms with Gasteiger partial charge in [-0.05, 0) is 38.1 Å². The molecule has 3 N–H and O–H groups in total. The van der Waals surface area contributed by atoms with Gasteiger partial charge in [0, 0.05) is 26.7 Å². The predicted octanol–water partition coefficient (Wildman–Crippen LogP) is 3.81. The van der Waals surface area contributed by atoms with Crippen LogP contribution in [0.3, 0.4) is 0 Å². The number of hydrogen-bond acceptors (Lipinski definition) is 5. The summed E-state index contributed by atoms with van der Waals surface area (Å²) in [5, 5.41) is 3.11. The van der Waals surface area contributed by atoms with E-state index in [0.29, 0.717) is 16.7 Å². The van der Waals surface area contributed by atoms with Crippen molar-refractivity contribution >= 4 is 33.2 Å². The van der Waals surface area contributed by atoms with Crippen molar-refractivity contribution in [2.45, 2.75) is 32.7 Å². The zero-order chi connectivity index (χ0) is 22.1. The Kier molecular flexibility index (Phi) is 5.97. The van der Waals surface area contributed by atoms with Gasteiger partial charge in [-0.1, -0.05) is 6.07 Å². The van der Waals surface area contributed by atoms with E-state index >= 15 is 0 Å². The van der Waals surface area contributed by atoms with E-state index in [4.69, 9.17) is 10.5 Å². The summed E-state index contributed by atoms with van der Waals surface area (Å²) >= 11 is 1.38. The lowest BCUT2D eigenvalue weighted by molar-refractivity contribution is -0.142. The van der Waals surface area contributed by atoms with Crippen molar-refractivity contribution in [3.63, 3.8) is 0 Å². The summed E-state index contributed by atoms with van der Waals surface area (Å²) in [5.41, 5.74) is 4.46. The number of pyridine rings is 1. The van der Waals surface area contributed by atoms with Gasteiger partial charge in [-0.25, -0.2) is 0 Å². The van der Waals surface area contributed by atoms with Gasteiger partial charge in [-0.3, -0.25) is 14.6 Å². The molecule has 0 bridgehead atoms. The Labute approximate surface area is 173 Å². The number of alkyl halides is 3. The van der Waals surface area contributed by atoms with Gasteiger partial charge in [0.15, 0.2) is 5.69 Å². The van der Waals surface area contributed by atoms with Crippen LogP contribution in [0.1, 0.15) is 33.4 Å². The number of aryl methyl sites for hydroxylation is 1. The molecular formula is C20H18F3N3O3S. The topological polar surface area (TPSA) is 94.3 Å². The first-order valence-electron chi connectivity index (χ1n) is 8.85. The number of amides is 2. The molecule has 6 nitrogen and oxygen atoms in total. The standard InChI is InChI=1S/C20H18F3N3O3S/c1-10(18(24)27)26-19(28)16-11(2)30-15-6-5-13(8-14(15)16)29-9-12-4-3-7-25-17(12)20(21,22)23/h3-8,10H,9H2,1-2H3,(H2,24,27)(H,26,28)/t10-/m0/s1. The molecule has 1 aromatic carbocycles. The molecule has 10 heteroatoms. The van der Waals surface area contributed by atoms with Crippen molar-refractivity contribution in [3.8, 4) is 5.75 Å². The van der Waals surface area contributed by atoms with Crippen LogP contribution >= 0.6 is 11.3 Å². The number of thiophene rings is 1. The highest BCUT2D eigenvalue weighted by atomic mass is 32.1. The molecule has 3 aromatic rings. The minimum atomic E-state index is -4.59. The SMILES string of the molecule is Cc1sc2ccc(OCc3cccnc3C(F)(F)F)cc2c1C(=O)N[C@@H](C)C(N)=O. The van der Waals surface area contributed by atoms with E-state index in [1.165, 1.54) is 30.4 Å². The van der Waals surface area contributed by atoms with E-state index in [1.807, 2.05) is 0 Å². The van der Waals surface area contributed by atoms with Gasteiger partial charge >= 0.3 is 6.18 Å². The highest BCUT2D eigenvalue weighted by Crippen LogP contribution is 2.34. The van der Waals surface area contributed by atoms with Crippen LogP contribution in [-0.2, 0) is 17.6 Å². The highest BCUT2D eigenvalue weighted by Gasteiger charge is 2.35. The Bertz CT molecular complexity index is 1110. The summed E-state index contributed by atoms with van der Waals surface area (Å²) in [6, 6.07) is 6.79. The second-order valence-electron chi connectivity index (χ2n) is 6.59. The minimum absolute atomic E-state index is 0.0974. The van der Waals surface area contributed by atoms with Gasteiger partial charge in [0.25, 0.3) is 5.91 Å². The van der Waals surface area contributed by atoms with Crippen LogP contribution in [0.2, 0.25) is 0 Å². The Hall–Kier alpha value is -3.14. The Balaban J connectivity index is 1.87. The maximum Gasteiger partial charge on any atom is 0.433 e. The summed E-state index contributed by atoms with van der Waals surface area (Å²) < 4.78 is 45.6. The van der Waals surface area contributed by atoms with Gasteiger partial charge in [-0.15, -0.1) is 11.3 Å². The van der Waals surface area contributed by atoms with Crippen LogP contribution in [0, 0.1) is 6.92 Å². The van der Waals surface area contributed by atoms with E-state index in [9.17, 15) is 22.8 Å². The number of rotatable bonds is 6. The smallest absolute Gasteiger partial charge is 0.433 e. The monoisotopic (exact) mass is 437 g/mol. The maximum absolute atomic E-state index is 13.1. The molecule has 3 rings (SSSR count). The number of nitrogens with one attached hydrogen (secondary N) is 1. The second-order valence-corrected chi connectivity index (χ2v) is 7.84. The lowest BCUT2D eigenvalue weighted by atomic mass is 10.1. The first-order chi connectivity index (χ1) is 14.1. The summed E-state index contributed by atoms with van der Waals surface area (Å²) in [6.45, 7) is 2.91. The van der Waals surface area contributed by atoms with Crippen LogP contribution in [0.5, 0.6) is 5.75 Å². The van der Waals surface area contributed by atoms with Gasteiger partial charge < -0.3 is 15.8 Å². The van der Waals surface area contributed by atoms with Crippen molar-refractivity contribution in [3.05, 3.63) is 58.2 Å². The third-order valence-corrected chi connectivity index (χ3v) is 5.48. The summed E-state index contributed by atoms with van der Waals surface area (Å²) in [6.07, 6.45) is -3.51. The molecule has 0 saturated heterocycles. The number of benzene rings is 1. The largest absolute Gasteiger partial charge is 0.489 e. The van der Waals surface area contributed by atoms with E-state index in [1.54, 1.807) is 25.1 Å². The molecule has 0 aliphatic carbocycles. The third kappa shape index (κ3) is 4.54. The van der Waals surface area contributed by atoms with Crippen molar-refractivity contribution < 1.29 is 27.5 Å². The zero-order valence-corrected chi connectivity index (χ0v) is 16.9. The number of hydrogen-bond donors (Lipinski definition) is 2. The molecule has 30 heavy (non-hydrogen) atoms. The number of primary amides is 1. The number of halogens is 3. The highest BCUT2D eigenvalue weighted by molar-refractivity contribution is 7.19. The number of carbonyl (C=O) groups is 2. The summed E-state index contributed by atoms with van der Waals surface area (Å²) in [7, 11) is 0. The number of ether oxygens (including phenoxy) is 1. The van der Waals surface area contributed by atoms with Crippen molar-refractivity contribution in [1.82, 2.24) is 10.3 Å². The molecule has 0 radical (unpaired) electrons. The summed E-state index contributed by atoms with van der Waals surface area (Å²) in [4.78, 5) is 28.0. The number of nitrogens with zero attached hydrogens (tertiary/aromatic N) is 1. The normalized spacial score (nSPS) is 12.6. The van der Waals surface area contributed by atoms with Crippen molar-refractivity contribution in [1.29, 1.82) is 0 Å². The Morgan fingerprint density at radius 2 is 2.03 bits per heavy atom. The molecule has 158 valence electrons. The molecule has 2 heterocycles. The maximum atomic E-state index is 13.1. The predicted molar refractivity (Wildman–Crippen MR) is 106 cm³/mol. The summed E-state index contributed by atoms with van der Waals surface area (Å²) in [5.74, 6) is -0.829. The molecule has 1 atom stereocenters. The van der Waals surface area contributed by atoms with Gasteiger partial charge in [-0.2, -0.15) is 13.2 Å². The third-order valence-electron chi connectivity index (χ3n) is 4.39. The fraction of sp³-hybridized carbons (Fsp3) is 0.250. The van der Waals surface area contributed by atoms with Crippen LogP contribution in [0.4, 0.5) is 13.2 Å². The minimum Gasteiger partial charge on any atom is -0.489 e. The van der Waals surface area contributed by atoms with Crippen LogP contribution in [0.15, 0.2) is 36.5 Å². The van der Waals surface area contributed by atoms with E-state index in [2.05, 4.69) is 10.3 Å². The molecule has 2 amide bonds.